The van der Waals surface area contributed by atoms with E-state index in [1.165, 1.54) is 0 Å². The number of aromatic nitrogens is 2. The number of carbonyl (C=O) groups excluding carboxylic acids is 4. The van der Waals surface area contributed by atoms with Gasteiger partial charge in [-0.25, -0.2) is 9.59 Å². The Morgan fingerprint density at radius 3 is 2.66 bits per heavy atom. The van der Waals surface area contributed by atoms with Crippen LogP contribution in [0.2, 0.25) is 0 Å². The molecule has 0 saturated carbocycles. The summed E-state index contributed by atoms with van der Waals surface area (Å²) in [5.41, 5.74) is 3.27. The van der Waals surface area contributed by atoms with E-state index in [0.29, 0.717) is 23.2 Å². The number of fused-ring (bicyclic) bond motifs is 1. The van der Waals surface area contributed by atoms with E-state index in [1.54, 1.807) is 20.8 Å². The molecule has 1 atom stereocenters. The van der Waals surface area contributed by atoms with Gasteiger partial charge in [0.05, 0.1) is 24.4 Å². The fourth-order valence-corrected chi connectivity index (χ4v) is 4.15. The molecular formula is C23H24N4O5. The molecule has 1 aliphatic heterocycles. The van der Waals surface area contributed by atoms with Crippen molar-refractivity contribution in [3.05, 3.63) is 58.5 Å². The summed E-state index contributed by atoms with van der Waals surface area (Å²) in [4.78, 5) is 57.4. The maximum atomic E-state index is 12.9. The number of nitrogens with zero attached hydrogens (tertiary/aromatic N) is 1. The molecule has 3 amide bonds. The van der Waals surface area contributed by atoms with Crippen LogP contribution < -0.4 is 5.32 Å². The molecule has 1 aromatic carbocycles. The molecule has 1 fully saturated rings. The monoisotopic (exact) mass is 436 g/mol. The van der Waals surface area contributed by atoms with E-state index in [4.69, 9.17) is 4.74 Å². The molecule has 9 heteroatoms. The number of urea groups is 1. The Labute approximate surface area is 184 Å². The quantitative estimate of drug-likeness (QED) is 0.298. The first-order valence-corrected chi connectivity index (χ1v) is 10.4. The van der Waals surface area contributed by atoms with Crippen molar-refractivity contribution in [1.29, 1.82) is 0 Å². The topological polar surface area (TPSA) is 124 Å². The molecule has 32 heavy (non-hydrogen) atoms. The van der Waals surface area contributed by atoms with Gasteiger partial charge in [0.2, 0.25) is 0 Å². The summed E-state index contributed by atoms with van der Waals surface area (Å²) < 4.78 is 5.04. The zero-order valence-electron chi connectivity index (χ0n) is 18.1. The first-order chi connectivity index (χ1) is 15.3. The van der Waals surface area contributed by atoms with E-state index in [1.807, 2.05) is 30.5 Å². The average molecular weight is 436 g/mol. The van der Waals surface area contributed by atoms with Gasteiger partial charge in [0.15, 0.2) is 5.78 Å². The second-order valence-corrected chi connectivity index (χ2v) is 7.76. The maximum Gasteiger partial charge on any atom is 0.340 e. The normalized spacial score (nSPS) is 16.0. The van der Waals surface area contributed by atoms with Gasteiger partial charge in [0.25, 0.3) is 5.91 Å². The number of aromatic amines is 2. The number of amides is 3. The van der Waals surface area contributed by atoms with Gasteiger partial charge < -0.3 is 20.0 Å². The van der Waals surface area contributed by atoms with Crippen molar-refractivity contribution in [3.8, 4) is 0 Å². The molecule has 0 radical (unpaired) electrons. The SMILES string of the molecule is CCOC(=O)c1c(C)[nH]c(C(=O)CN2C(=O)NC(Cc3c[nH]c4ccccc34)C2=O)c1C. The van der Waals surface area contributed by atoms with Crippen LogP contribution in [-0.2, 0) is 16.0 Å². The minimum absolute atomic E-state index is 0.186. The van der Waals surface area contributed by atoms with Crippen LogP contribution >= 0.6 is 0 Å². The van der Waals surface area contributed by atoms with Gasteiger partial charge in [0.1, 0.15) is 6.04 Å². The van der Waals surface area contributed by atoms with Crippen LogP contribution in [0.25, 0.3) is 10.9 Å². The molecule has 1 aliphatic rings. The second-order valence-electron chi connectivity index (χ2n) is 7.76. The van der Waals surface area contributed by atoms with Gasteiger partial charge >= 0.3 is 12.0 Å². The summed E-state index contributed by atoms with van der Waals surface area (Å²) in [6.45, 7) is 4.80. The Bertz CT molecular complexity index is 1240. The molecule has 0 spiro atoms. The van der Waals surface area contributed by atoms with Crippen LogP contribution in [-0.4, -0.2) is 57.8 Å². The lowest BCUT2D eigenvalue weighted by atomic mass is 10.0. The molecule has 4 rings (SSSR count). The third-order valence-corrected chi connectivity index (χ3v) is 5.70. The summed E-state index contributed by atoms with van der Waals surface area (Å²) >= 11 is 0. The van der Waals surface area contributed by atoms with E-state index < -0.39 is 36.3 Å². The number of hydrogen-bond acceptors (Lipinski definition) is 5. The van der Waals surface area contributed by atoms with Gasteiger partial charge in [-0.3, -0.25) is 14.5 Å². The Balaban J connectivity index is 1.50. The first kappa shape index (κ1) is 21.4. The number of Topliss-reactive ketones (excluding diaryl/α,β-unsaturated/α-hetero) is 1. The highest BCUT2D eigenvalue weighted by atomic mass is 16.5. The molecular weight excluding hydrogens is 412 g/mol. The highest BCUT2D eigenvalue weighted by Crippen LogP contribution is 2.23. The average Bonchev–Trinajstić information content (AvgIpc) is 3.38. The van der Waals surface area contributed by atoms with Gasteiger partial charge in [-0.2, -0.15) is 0 Å². The molecule has 3 N–H and O–H groups in total. The number of H-pyrrole nitrogens is 2. The molecule has 1 saturated heterocycles. The lowest BCUT2D eigenvalue weighted by Crippen LogP contribution is -2.36. The molecule has 9 nitrogen and oxygen atoms in total. The first-order valence-electron chi connectivity index (χ1n) is 10.4. The van der Waals surface area contributed by atoms with Gasteiger partial charge in [-0.1, -0.05) is 18.2 Å². The second kappa shape index (κ2) is 8.33. The third kappa shape index (κ3) is 3.66. The number of hydrogen-bond donors (Lipinski definition) is 3. The molecule has 0 aliphatic carbocycles. The van der Waals surface area contributed by atoms with Crippen LogP contribution in [0.15, 0.2) is 30.5 Å². The van der Waals surface area contributed by atoms with Crippen molar-refractivity contribution in [2.75, 3.05) is 13.2 Å². The van der Waals surface area contributed by atoms with Crippen LogP contribution in [0.4, 0.5) is 4.79 Å². The fraction of sp³-hybridized carbons (Fsp3) is 0.304. The van der Waals surface area contributed by atoms with Gasteiger partial charge in [-0.15, -0.1) is 0 Å². The van der Waals surface area contributed by atoms with Crippen molar-refractivity contribution < 1.29 is 23.9 Å². The summed E-state index contributed by atoms with van der Waals surface area (Å²) in [7, 11) is 0. The zero-order valence-corrected chi connectivity index (χ0v) is 18.1. The van der Waals surface area contributed by atoms with Crippen LogP contribution in [0.1, 0.15) is 44.6 Å². The number of carbonyl (C=O) groups is 4. The van der Waals surface area contributed by atoms with Crippen molar-refractivity contribution in [1.82, 2.24) is 20.2 Å². The smallest absolute Gasteiger partial charge is 0.340 e. The van der Waals surface area contributed by atoms with E-state index in [9.17, 15) is 19.2 Å². The molecule has 2 aromatic heterocycles. The summed E-state index contributed by atoms with van der Waals surface area (Å²) in [6, 6.07) is 6.34. The summed E-state index contributed by atoms with van der Waals surface area (Å²) in [5.74, 6) is -1.44. The summed E-state index contributed by atoms with van der Waals surface area (Å²) in [5, 5.41) is 3.65. The van der Waals surface area contributed by atoms with Crippen LogP contribution in [0.5, 0.6) is 0 Å². The number of ketones is 1. The van der Waals surface area contributed by atoms with E-state index in [0.717, 1.165) is 21.4 Å². The van der Waals surface area contributed by atoms with E-state index in [2.05, 4.69) is 15.3 Å². The van der Waals surface area contributed by atoms with Gasteiger partial charge in [-0.05, 0) is 38.0 Å². The number of rotatable bonds is 7. The number of ether oxygens (including phenoxy) is 1. The lowest BCUT2D eigenvalue weighted by molar-refractivity contribution is -0.127. The minimum atomic E-state index is -0.754. The molecule has 3 aromatic rings. The van der Waals surface area contributed by atoms with Crippen molar-refractivity contribution >= 4 is 34.6 Å². The summed E-state index contributed by atoms with van der Waals surface area (Å²) in [6.07, 6.45) is 2.13. The number of nitrogens with one attached hydrogen (secondary N) is 3. The predicted octanol–water partition coefficient (Wildman–Crippen LogP) is 2.64. The Kier molecular flexibility index (Phi) is 5.56. The number of aryl methyl sites for hydroxylation is 1. The lowest BCUT2D eigenvalue weighted by Gasteiger charge is -2.12. The standard InChI is InChI=1S/C23H24N4O5/c1-4-32-22(30)19-12(2)20(25-13(19)3)18(28)11-27-21(29)17(26-23(27)31)9-14-10-24-16-8-6-5-7-15(14)16/h5-8,10,17,24-25H,4,9,11H2,1-3H3,(H,26,31). The largest absolute Gasteiger partial charge is 0.462 e. The molecule has 166 valence electrons. The predicted molar refractivity (Wildman–Crippen MR) is 117 cm³/mol. The number of imide groups is 1. The van der Waals surface area contributed by atoms with Gasteiger partial charge in [0, 0.05) is 29.2 Å². The van der Waals surface area contributed by atoms with Crippen LogP contribution in [0.3, 0.4) is 0 Å². The highest BCUT2D eigenvalue weighted by molar-refractivity contribution is 6.10. The van der Waals surface area contributed by atoms with E-state index in [-0.39, 0.29) is 12.3 Å². The number of para-hydroxylation sites is 1. The maximum absolute atomic E-state index is 12.9. The Morgan fingerprint density at radius 1 is 1.16 bits per heavy atom. The number of benzene rings is 1. The van der Waals surface area contributed by atoms with Crippen molar-refractivity contribution in [3.63, 3.8) is 0 Å². The minimum Gasteiger partial charge on any atom is -0.462 e. The molecule has 3 heterocycles. The highest BCUT2D eigenvalue weighted by Gasteiger charge is 2.39. The fourth-order valence-electron chi connectivity index (χ4n) is 4.15. The Hall–Kier alpha value is -3.88. The van der Waals surface area contributed by atoms with Crippen LogP contribution in [0, 0.1) is 13.8 Å². The van der Waals surface area contributed by atoms with Crippen molar-refractivity contribution in [2.45, 2.75) is 33.2 Å². The van der Waals surface area contributed by atoms with Crippen molar-refractivity contribution in [2.24, 2.45) is 0 Å². The molecule has 1 unspecified atom stereocenters. The number of esters is 1. The molecule has 0 bridgehead atoms. The van der Waals surface area contributed by atoms with E-state index >= 15 is 0 Å². The Morgan fingerprint density at radius 2 is 1.91 bits per heavy atom. The zero-order chi connectivity index (χ0) is 23.0. The third-order valence-electron chi connectivity index (χ3n) is 5.70.